The topological polar surface area (TPSA) is 44.1 Å². The maximum atomic E-state index is 11.7. The molecule has 0 aromatic carbocycles. The number of carbonyl (C=O) groups excluding carboxylic acids is 1. The second kappa shape index (κ2) is 3.78. The van der Waals surface area contributed by atoms with Crippen LogP contribution in [0, 0.1) is 23.2 Å². The summed E-state index contributed by atoms with van der Waals surface area (Å²) in [6.45, 7) is 6.19. The Hall–Kier alpha value is -1.04. The number of hydrogen-bond acceptors (Lipinski definition) is 2. The van der Waals surface area contributed by atoms with E-state index in [0.717, 1.165) is 6.42 Å². The standard InChI is InChI=1S/C10H16N2O/c1-7(2)12(5-4-11)10(13)9-6-8(9)3/h7-9H,5-6H2,1-3H3. The third-order valence-corrected chi connectivity index (χ3v) is 2.57. The zero-order chi connectivity index (χ0) is 10.0. The molecule has 13 heavy (non-hydrogen) atoms. The van der Waals surface area contributed by atoms with Gasteiger partial charge in [0, 0.05) is 12.0 Å². The fourth-order valence-electron chi connectivity index (χ4n) is 1.47. The van der Waals surface area contributed by atoms with Crippen LogP contribution in [0.4, 0.5) is 0 Å². The molecule has 0 aliphatic heterocycles. The molecular formula is C10H16N2O. The monoisotopic (exact) mass is 180 g/mol. The lowest BCUT2D eigenvalue weighted by molar-refractivity contribution is -0.133. The summed E-state index contributed by atoms with van der Waals surface area (Å²) in [4.78, 5) is 13.4. The van der Waals surface area contributed by atoms with Gasteiger partial charge in [0.1, 0.15) is 6.54 Å². The molecular weight excluding hydrogens is 164 g/mol. The highest BCUT2D eigenvalue weighted by Gasteiger charge is 2.41. The van der Waals surface area contributed by atoms with Gasteiger partial charge in [-0.05, 0) is 26.2 Å². The summed E-state index contributed by atoms with van der Waals surface area (Å²) in [5.74, 6) is 0.868. The third-order valence-electron chi connectivity index (χ3n) is 2.57. The Labute approximate surface area is 79.3 Å². The Morgan fingerprint density at radius 1 is 1.69 bits per heavy atom. The Morgan fingerprint density at radius 2 is 2.23 bits per heavy atom. The molecule has 0 bridgehead atoms. The number of amides is 1. The van der Waals surface area contributed by atoms with Crippen molar-refractivity contribution in [3.05, 3.63) is 0 Å². The molecule has 3 heteroatoms. The number of hydrogen-bond donors (Lipinski definition) is 0. The molecule has 2 atom stereocenters. The van der Waals surface area contributed by atoms with Gasteiger partial charge in [-0.25, -0.2) is 0 Å². The van der Waals surface area contributed by atoms with Crippen molar-refractivity contribution in [3.63, 3.8) is 0 Å². The molecule has 0 spiro atoms. The molecule has 2 unspecified atom stereocenters. The van der Waals surface area contributed by atoms with Crippen molar-refractivity contribution in [2.24, 2.45) is 11.8 Å². The van der Waals surface area contributed by atoms with Crippen molar-refractivity contribution in [2.45, 2.75) is 33.2 Å². The Bertz CT molecular complexity index is 242. The normalized spacial score (nSPS) is 25.5. The van der Waals surface area contributed by atoms with Crippen LogP contribution in [0.15, 0.2) is 0 Å². The second-order valence-corrected chi connectivity index (χ2v) is 4.04. The molecule has 0 aromatic heterocycles. The Kier molecular flexibility index (Phi) is 2.92. The third kappa shape index (κ3) is 2.21. The summed E-state index contributed by atoms with van der Waals surface area (Å²) in [6, 6.07) is 2.17. The van der Waals surface area contributed by atoms with Gasteiger partial charge < -0.3 is 4.90 Å². The largest absolute Gasteiger partial charge is 0.327 e. The van der Waals surface area contributed by atoms with Gasteiger partial charge in [-0.1, -0.05) is 6.92 Å². The number of nitrogens with zero attached hydrogens (tertiary/aromatic N) is 2. The SMILES string of the molecule is CC1CC1C(=O)N(CC#N)C(C)C. The van der Waals surface area contributed by atoms with Gasteiger partial charge >= 0.3 is 0 Å². The molecule has 0 saturated heterocycles. The Morgan fingerprint density at radius 3 is 2.54 bits per heavy atom. The van der Waals surface area contributed by atoms with Crippen molar-refractivity contribution < 1.29 is 4.79 Å². The fourth-order valence-corrected chi connectivity index (χ4v) is 1.47. The molecule has 1 aliphatic carbocycles. The average Bonchev–Trinajstić information content (AvgIpc) is 2.76. The lowest BCUT2D eigenvalue weighted by Gasteiger charge is -2.23. The maximum Gasteiger partial charge on any atom is 0.227 e. The summed E-state index contributed by atoms with van der Waals surface area (Å²) in [7, 11) is 0. The first kappa shape index (κ1) is 10.0. The molecule has 1 rings (SSSR count). The van der Waals surface area contributed by atoms with Crippen molar-refractivity contribution in [2.75, 3.05) is 6.54 Å². The molecule has 1 saturated carbocycles. The van der Waals surface area contributed by atoms with Crippen LogP contribution >= 0.6 is 0 Å². The average molecular weight is 180 g/mol. The maximum absolute atomic E-state index is 11.7. The van der Waals surface area contributed by atoms with Crippen molar-refractivity contribution in [1.29, 1.82) is 5.26 Å². The Balaban J connectivity index is 2.55. The van der Waals surface area contributed by atoms with Gasteiger partial charge in [0.25, 0.3) is 0 Å². The minimum absolute atomic E-state index is 0.139. The van der Waals surface area contributed by atoms with Crippen molar-refractivity contribution in [1.82, 2.24) is 4.90 Å². The van der Waals surface area contributed by atoms with E-state index in [1.807, 2.05) is 19.9 Å². The minimum Gasteiger partial charge on any atom is -0.327 e. The lowest BCUT2D eigenvalue weighted by atomic mass is 10.2. The van der Waals surface area contributed by atoms with E-state index in [-0.39, 0.29) is 24.4 Å². The van der Waals surface area contributed by atoms with Crippen LogP contribution in [-0.4, -0.2) is 23.4 Å². The fraction of sp³-hybridized carbons (Fsp3) is 0.800. The summed E-state index contributed by atoms with van der Waals surface area (Å²) in [5, 5.41) is 8.56. The smallest absolute Gasteiger partial charge is 0.227 e. The van der Waals surface area contributed by atoms with E-state index in [2.05, 4.69) is 6.92 Å². The van der Waals surface area contributed by atoms with Crippen molar-refractivity contribution in [3.8, 4) is 6.07 Å². The summed E-state index contributed by atoms with van der Waals surface area (Å²) < 4.78 is 0. The number of carbonyl (C=O) groups is 1. The molecule has 0 aromatic rings. The minimum atomic E-state index is 0.139. The zero-order valence-electron chi connectivity index (χ0n) is 8.45. The summed E-state index contributed by atoms with van der Waals surface area (Å²) in [6.07, 6.45) is 0.994. The van der Waals surface area contributed by atoms with Gasteiger partial charge in [0.05, 0.1) is 6.07 Å². The first-order chi connectivity index (χ1) is 6.07. The molecule has 72 valence electrons. The van der Waals surface area contributed by atoms with E-state index >= 15 is 0 Å². The summed E-state index contributed by atoms with van der Waals surface area (Å²) in [5.41, 5.74) is 0. The van der Waals surface area contributed by atoms with Crippen molar-refractivity contribution >= 4 is 5.91 Å². The lowest BCUT2D eigenvalue weighted by Crippen LogP contribution is -2.38. The van der Waals surface area contributed by atoms with Gasteiger partial charge in [0.15, 0.2) is 0 Å². The predicted octanol–water partition coefficient (Wildman–Crippen LogP) is 1.40. The predicted molar refractivity (Wildman–Crippen MR) is 49.7 cm³/mol. The van der Waals surface area contributed by atoms with Gasteiger partial charge in [-0.3, -0.25) is 4.79 Å². The second-order valence-electron chi connectivity index (χ2n) is 4.04. The van der Waals surface area contributed by atoms with Crippen LogP contribution in [-0.2, 0) is 4.79 Å². The van der Waals surface area contributed by atoms with E-state index in [1.165, 1.54) is 0 Å². The molecule has 3 nitrogen and oxygen atoms in total. The van der Waals surface area contributed by atoms with Crippen LogP contribution in [0.25, 0.3) is 0 Å². The molecule has 0 heterocycles. The van der Waals surface area contributed by atoms with E-state index < -0.39 is 0 Å². The van der Waals surface area contributed by atoms with Crippen LogP contribution in [0.5, 0.6) is 0 Å². The number of nitriles is 1. The highest BCUT2D eigenvalue weighted by molar-refractivity contribution is 5.82. The van der Waals surface area contributed by atoms with Gasteiger partial charge in [-0.2, -0.15) is 5.26 Å². The van der Waals surface area contributed by atoms with E-state index in [0.29, 0.717) is 5.92 Å². The van der Waals surface area contributed by atoms with Crippen LogP contribution < -0.4 is 0 Å². The molecule has 0 radical (unpaired) electrons. The molecule has 0 N–H and O–H groups in total. The molecule has 1 aliphatic rings. The molecule has 1 amide bonds. The van der Waals surface area contributed by atoms with Gasteiger partial charge in [0.2, 0.25) is 5.91 Å². The van der Waals surface area contributed by atoms with E-state index in [1.54, 1.807) is 4.90 Å². The summed E-state index contributed by atoms with van der Waals surface area (Å²) >= 11 is 0. The zero-order valence-corrected chi connectivity index (χ0v) is 8.45. The first-order valence-corrected chi connectivity index (χ1v) is 4.75. The van der Waals surface area contributed by atoms with E-state index in [9.17, 15) is 4.79 Å². The van der Waals surface area contributed by atoms with E-state index in [4.69, 9.17) is 5.26 Å². The highest BCUT2D eigenvalue weighted by atomic mass is 16.2. The van der Waals surface area contributed by atoms with Crippen LogP contribution in [0.2, 0.25) is 0 Å². The quantitative estimate of drug-likeness (QED) is 0.616. The number of rotatable bonds is 3. The first-order valence-electron chi connectivity index (χ1n) is 4.75. The van der Waals surface area contributed by atoms with Crippen LogP contribution in [0.3, 0.4) is 0 Å². The van der Waals surface area contributed by atoms with Crippen LogP contribution in [0.1, 0.15) is 27.2 Å². The van der Waals surface area contributed by atoms with Gasteiger partial charge in [-0.15, -0.1) is 0 Å². The highest BCUT2D eigenvalue weighted by Crippen LogP contribution is 2.39. The molecule has 1 fully saturated rings.